The molecule has 0 radical (unpaired) electrons. The summed E-state index contributed by atoms with van der Waals surface area (Å²) in [5.41, 5.74) is 10.7. The topological polar surface area (TPSA) is 126 Å². The van der Waals surface area contributed by atoms with Crippen LogP contribution in [0.1, 0.15) is 30.7 Å². The number of hydrogen-bond acceptors (Lipinski definition) is 7. The third-order valence-corrected chi connectivity index (χ3v) is 6.48. The van der Waals surface area contributed by atoms with Gasteiger partial charge in [-0.1, -0.05) is 0 Å². The van der Waals surface area contributed by atoms with E-state index in [4.69, 9.17) is 5.73 Å². The van der Waals surface area contributed by atoms with Crippen molar-refractivity contribution in [3.63, 3.8) is 0 Å². The number of nitrogens with zero attached hydrogens (tertiary/aromatic N) is 6. The number of aromatic nitrogens is 4. The zero-order valence-electron chi connectivity index (χ0n) is 19.9. The molecule has 0 saturated heterocycles. The molecule has 0 fully saturated rings. The third kappa shape index (κ3) is 4.15. The summed E-state index contributed by atoms with van der Waals surface area (Å²) in [5, 5.41) is 19.4. The van der Waals surface area contributed by atoms with Crippen LogP contribution >= 0.6 is 0 Å². The predicted molar refractivity (Wildman–Crippen MR) is 135 cm³/mol. The van der Waals surface area contributed by atoms with E-state index in [2.05, 4.69) is 26.5 Å². The van der Waals surface area contributed by atoms with Gasteiger partial charge in [0, 0.05) is 59.7 Å². The Morgan fingerprint density at radius 2 is 1.91 bits per heavy atom. The van der Waals surface area contributed by atoms with E-state index >= 15 is 0 Å². The second-order valence-electron chi connectivity index (χ2n) is 9.06. The van der Waals surface area contributed by atoms with Gasteiger partial charge in [0.05, 0.1) is 23.5 Å². The number of rotatable bonds is 4. The number of nitrogen functional groups attached to an aromatic ring is 1. The van der Waals surface area contributed by atoms with Crippen molar-refractivity contribution >= 4 is 34.0 Å². The van der Waals surface area contributed by atoms with Crippen LogP contribution in [0.3, 0.4) is 0 Å². The average molecular weight is 467 g/mol. The van der Waals surface area contributed by atoms with E-state index in [1.54, 1.807) is 23.3 Å². The first-order valence-corrected chi connectivity index (χ1v) is 11.5. The number of benzene rings is 1. The number of nitriles is 1. The minimum absolute atomic E-state index is 0.0735. The molecule has 3 aromatic heterocycles. The van der Waals surface area contributed by atoms with Gasteiger partial charge in [0.25, 0.3) is 0 Å². The number of hydrogen-bond donors (Lipinski definition) is 2. The SMILES string of the molecule is Cc1c(N)cncc1-c1cc2cc(Nc3cc4n(n3)CC(=O)N(C(C)C)CC4)ncc2cc1C#N. The molecular weight excluding hydrogens is 440 g/mol. The lowest BCUT2D eigenvalue weighted by Gasteiger charge is -2.24. The van der Waals surface area contributed by atoms with Gasteiger partial charge in [-0.15, -0.1) is 0 Å². The van der Waals surface area contributed by atoms with Crippen molar-refractivity contribution in [2.45, 2.75) is 39.8 Å². The fourth-order valence-corrected chi connectivity index (χ4v) is 4.50. The lowest BCUT2D eigenvalue weighted by molar-refractivity contribution is -0.133. The molecule has 1 aliphatic rings. The number of pyridine rings is 2. The van der Waals surface area contributed by atoms with Crippen molar-refractivity contribution in [2.75, 3.05) is 17.6 Å². The highest BCUT2D eigenvalue weighted by atomic mass is 16.2. The van der Waals surface area contributed by atoms with Crippen molar-refractivity contribution < 1.29 is 4.79 Å². The number of carbonyl (C=O) groups excluding carboxylic acids is 1. The molecule has 0 bridgehead atoms. The number of fused-ring (bicyclic) bond motifs is 2. The highest BCUT2D eigenvalue weighted by molar-refractivity contribution is 5.92. The van der Waals surface area contributed by atoms with E-state index in [9.17, 15) is 10.1 Å². The normalized spacial score (nSPS) is 13.6. The van der Waals surface area contributed by atoms with Crippen LogP contribution < -0.4 is 11.1 Å². The zero-order chi connectivity index (χ0) is 24.7. The molecule has 1 aromatic carbocycles. The van der Waals surface area contributed by atoms with Gasteiger partial charge < -0.3 is 16.0 Å². The average Bonchev–Trinajstić information content (AvgIpc) is 3.12. The lowest BCUT2D eigenvalue weighted by Crippen LogP contribution is -2.38. The fraction of sp³-hybridized carbons (Fsp3) is 0.269. The molecule has 0 aliphatic carbocycles. The molecule has 176 valence electrons. The molecule has 0 unspecified atom stereocenters. The Balaban J connectivity index is 1.47. The van der Waals surface area contributed by atoms with Crippen LogP contribution in [0.2, 0.25) is 0 Å². The summed E-state index contributed by atoms with van der Waals surface area (Å²) in [4.78, 5) is 23.2. The standard InChI is InChI=1S/C26H26N8O/c1-15(2)33-5-4-20-9-25(32-34(20)14-26(33)35)31-24-8-17-7-21(18(10-27)6-19(17)11-30-24)22-12-29-13-23(28)16(22)3/h6-9,11-13,15H,4-5,14,28H2,1-3H3,(H,30,31,32). The third-order valence-electron chi connectivity index (χ3n) is 6.48. The second-order valence-corrected chi connectivity index (χ2v) is 9.06. The monoisotopic (exact) mass is 466 g/mol. The summed E-state index contributed by atoms with van der Waals surface area (Å²) < 4.78 is 1.76. The van der Waals surface area contributed by atoms with Gasteiger partial charge in [-0.2, -0.15) is 10.4 Å². The van der Waals surface area contributed by atoms with E-state index in [1.807, 2.05) is 49.9 Å². The van der Waals surface area contributed by atoms with E-state index in [0.29, 0.717) is 29.4 Å². The van der Waals surface area contributed by atoms with Gasteiger partial charge in [-0.3, -0.25) is 14.5 Å². The zero-order valence-corrected chi connectivity index (χ0v) is 19.9. The molecule has 0 saturated carbocycles. The van der Waals surface area contributed by atoms with E-state index < -0.39 is 0 Å². The van der Waals surface area contributed by atoms with Crippen molar-refractivity contribution in [1.29, 1.82) is 5.26 Å². The molecule has 0 spiro atoms. The maximum atomic E-state index is 12.6. The van der Waals surface area contributed by atoms with E-state index in [1.165, 1.54) is 0 Å². The Morgan fingerprint density at radius 1 is 1.09 bits per heavy atom. The number of carbonyl (C=O) groups is 1. The Labute approximate surface area is 203 Å². The van der Waals surface area contributed by atoms with Crippen molar-refractivity contribution in [2.24, 2.45) is 0 Å². The molecule has 0 atom stereocenters. The van der Waals surface area contributed by atoms with Gasteiger partial charge in [-0.25, -0.2) is 4.98 Å². The molecule has 9 nitrogen and oxygen atoms in total. The molecule has 1 aliphatic heterocycles. The maximum absolute atomic E-state index is 12.6. The van der Waals surface area contributed by atoms with Gasteiger partial charge in [0.1, 0.15) is 12.4 Å². The van der Waals surface area contributed by atoms with Crippen LogP contribution in [0, 0.1) is 18.3 Å². The fourth-order valence-electron chi connectivity index (χ4n) is 4.50. The van der Waals surface area contributed by atoms with Gasteiger partial charge in [-0.05, 0) is 49.9 Å². The smallest absolute Gasteiger partial charge is 0.244 e. The number of nitrogens with two attached hydrogens (primary N) is 1. The first-order chi connectivity index (χ1) is 16.8. The van der Waals surface area contributed by atoms with Crippen LogP contribution in [0.15, 0.2) is 42.9 Å². The minimum Gasteiger partial charge on any atom is -0.397 e. The van der Waals surface area contributed by atoms with Crippen LogP contribution in [0.4, 0.5) is 17.3 Å². The Morgan fingerprint density at radius 3 is 2.69 bits per heavy atom. The lowest BCUT2D eigenvalue weighted by atomic mass is 9.95. The summed E-state index contributed by atoms with van der Waals surface area (Å²) >= 11 is 0. The van der Waals surface area contributed by atoms with Gasteiger partial charge >= 0.3 is 0 Å². The quantitative estimate of drug-likeness (QED) is 0.468. The Kier molecular flexibility index (Phi) is 5.57. The van der Waals surface area contributed by atoms with Gasteiger partial charge in [0.2, 0.25) is 5.91 Å². The van der Waals surface area contributed by atoms with E-state index in [0.717, 1.165) is 39.6 Å². The van der Waals surface area contributed by atoms with Crippen LogP contribution in [-0.4, -0.2) is 43.1 Å². The summed E-state index contributed by atoms with van der Waals surface area (Å²) in [5.74, 6) is 1.34. The summed E-state index contributed by atoms with van der Waals surface area (Å²) in [7, 11) is 0. The minimum atomic E-state index is 0.0735. The van der Waals surface area contributed by atoms with E-state index in [-0.39, 0.29) is 18.5 Å². The predicted octanol–water partition coefficient (Wildman–Crippen LogP) is 3.79. The Hall–Kier alpha value is -4.45. The molecule has 3 N–H and O–H groups in total. The second kappa shape index (κ2) is 8.72. The van der Waals surface area contributed by atoms with Crippen molar-refractivity contribution in [3.05, 3.63) is 59.7 Å². The van der Waals surface area contributed by atoms with Crippen LogP contribution in [-0.2, 0) is 17.8 Å². The summed E-state index contributed by atoms with van der Waals surface area (Å²) in [6, 6.07) is 10.1. The molecule has 4 aromatic rings. The molecule has 35 heavy (non-hydrogen) atoms. The first kappa shape index (κ1) is 22.3. The largest absolute Gasteiger partial charge is 0.397 e. The van der Waals surface area contributed by atoms with Gasteiger partial charge in [0.15, 0.2) is 5.82 Å². The summed E-state index contributed by atoms with van der Waals surface area (Å²) in [6.45, 7) is 6.89. The Bertz CT molecular complexity index is 1500. The van der Waals surface area contributed by atoms with Crippen LogP contribution in [0.25, 0.3) is 21.9 Å². The van der Waals surface area contributed by atoms with Crippen molar-refractivity contribution in [3.8, 4) is 17.2 Å². The van der Waals surface area contributed by atoms with Crippen LogP contribution in [0.5, 0.6) is 0 Å². The van der Waals surface area contributed by atoms with Crippen molar-refractivity contribution in [1.82, 2.24) is 24.6 Å². The number of anilines is 3. The molecule has 4 heterocycles. The highest BCUT2D eigenvalue weighted by Crippen LogP contribution is 2.33. The molecular formula is C26H26N8O. The maximum Gasteiger partial charge on any atom is 0.244 e. The highest BCUT2D eigenvalue weighted by Gasteiger charge is 2.24. The number of nitrogens with one attached hydrogen (secondary N) is 1. The first-order valence-electron chi connectivity index (χ1n) is 11.5. The molecule has 5 rings (SSSR count). The number of amides is 1. The summed E-state index contributed by atoms with van der Waals surface area (Å²) in [6.07, 6.45) is 5.82. The molecule has 9 heteroatoms. The molecule has 1 amide bonds.